The summed E-state index contributed by atoms with van der Waals surface area (Å²) in [4.78, 5) is 11.4. The molecular formula is C71H49N3Si. The van der Waals surface area contributed by atoms with E-state index in [0.717, 1.165) is 44.3 Å². The SMILES string of the molecule is c1ccc(-c2cccc([Si](c3ccccc3)(c3ccccc3)c3cccc(-c4cc(-c5ccccc5C5c6ccccc6-c6ccccc65)nc(-n5c6ccccc6c6cc(-c7ccccc7)ccc65)n4)c3)c2)cc1. The number of hydrogen-bond donors (Lipinski definition) is 0. The van der Waals surface area contributed by atoms with Crippen molar-refractivity contribution in [2.24, 2.45) is 0 Å². The number of aromatic nitrogens is 3. The molecule has 2 heterocycles. The lowest BCUT2D eigenvalue weighted by atomic mass is 9.85. The van der Waals surface area contributed by atoms with Gasteiger partial charge in [0.15, 0.2) is 8.07 Å². The lowest BCUT2D eigenvalue weighted by Gasteiger charge is -2.35. The molecule has 0 saturated carbocycles. The van der Waals surface area contributed by atoms with Gasteiger partial charge in [0, 0.05) is 27.8 Å². The van der Waals surface area contributed by atoms with E-state index < -0.39 is 8.07 Å². The summed E-state index contributed by atoms with van der Waals surface area (Å²) in [7, 11) is -3.02. The standard InChI is InChI=1S/C71H49N3Si/c1-5-23-49(24-6-1)51-27-21-33-56(45-51)75(54-29-9-3-10-30-54,55-31-11-4-12-32-55)57-34-22-28-53(46-57)66-48-67(60-37-15-18-41-64(60)70-62-39-16-13-35-58(62)59-36-14-17-40-63(59)70)73-71(72-66)74-68-42-20-19-38-61(68)65-47-52(43-44-69(65)74)50-25-7-2-8-26-50/h1-48,70H. The predicted molar refractivity (Wildman–Crippen MR) is 315 cm³/mol. The fourth-order valence-electron chi connectivity index (χ4n) is 12.1. The van der Waals surface area contributed by atoms with Crippen LogP contribution >= 0.6 is 0 Å². The van der Waals surface area contributed by atoms with Crippen molar-refractivity contribution in [2.75, 3.05) is 0 Å². The van der Waals surface area contributed by atoms with Crippen LogP contribution in [0.15, 0.2) is 291 Å². The van der Waals surface area contributed by atoms with E-state index >= 15 is 0 Å². The summed E-state index contributed by atoms with van der Waals surface area (Å²) in [5, 5.41) is 7.52. The molecule has 14 rings (SSSR count). The fraction of sp³-hybridized carbons (Fsp3) is 0.0141. The minimum Gasteiger partial charge on any atom is -0.278 e. The summed E-state index contributed by atoms with van der Waals surface area (Å²) in [5.74, 6) is 0.650. The van der Waals surface area contributed by atoms with E-state index in [2.05, 4.69) is 296 Å². The van der Waals surface area contributed by atoms with Crippen molar-refractivity contribution in [3.8, 4) is 61.8 Å². The van der Waals surface area contributed by atoms with E-state index in [-0.39, 0.29) is 5.92 Å². The van der Waals surface area contributed by atoms with Crippen LogP contribution in [-0.4, -0.2) is 22.6 Å². The van der Waals surface area contributed by atoms with E-state index in [1.807, 2.05) is 0 Å². The van der Waals surface area contributed by atoms with Crippen molar-refractivity contribution < 1.29 is 0 Å². The van der Waals surface area contributed by atoms with Gasteiger partial charge in [-0.3, -0.25) is 4.57 Å². The quantitative estimate of drug-likeness (QED) is 0.101. The van der Waals surface area contributed by atoms with Gasteiger partial charge in [0.2, 0.25) is 5.95 Å². The van der Waals surface area contributed by atoms with Gasteiger partial charge in [0.25, 0.3) is 0 Å². The summed E-state index contributed by atoms with van der Waals surface area (Å²) in [6.45, 7) is 0. The van der Waals surface area contributed by atoms with Crippen molar-refractivity contribution in [1.29, 1.82) is 0 Å². The molecule has 0 radical (unpaired) electrons. The average Bonchev–Trinajstić information content (AvgIpc) is 4.02. The van der Waals surface area contributed by atoms with E-state index in [0.29, 0.717) is 5.95 Å². The number of para-hydroxylation sites is 1. The largest absolute Gasteiger partial charge is 0.278 e. The molecule has 0 N–H and O–H groups in total. The Balaban J connectivity index is 1.03. The zero-order valence-electron chi connectivity index (χ0n) is 41.1. The molecule has 3 nitrogen and oxygen atoms in total. The van der Waals surface area contributed by atoms with Crippen LogP contribution in [0, 0.1) is 0 Å². The zero-order valence-corrected chi connectivity index (χ0v) is 42.1. The van der Waals surface area contributed by atoms with Crippen LogP contribution in [-0.2, 0) is 0 Å². The first kappa shape index (κ1) is 44.2. The van der Waals surface area contributed by atoms with E-state index in [1.165, 1.54) is 70.8 Å². The normalized spacial score (nSPS) is 12.2. The summed E-state index contributed by atoms with van der Waals surface area (Å²) in [6.07, 6.45) is 0. The Morgan fingerprint density at radius 3 is 1.32 bits per heavy atom. The minimum absolute atomic E-state index is 0.0263. The molecule has 0 fully saturated rings. The van der Waals surface area contributed by atoms with Crippen LogP contribution in [0.3, 0.4) is 0 Å². The first-order valence-electron chi connectivity index (χ1n) is 25.8. The van der Waals surface area contributed by atoms with Crippen LogP contribution in [0.4, 0.5) is 0 Å². The van der Waals surface area contributed by atoms with E-state index in [9.17, 15) is 0 Å². The monoisotopic (exact) mass is 971 g/mol. The zero-order chi connectivity index (χ0) is 49.7. The third-order valence-electron chi connectivity index (χ3n) is 15.5. The molecule has 0 unspecified atom stereocenters. The fourth-order valence-corrected chi connectivity index (χ4v) is 17.0. The Kier molecular flexibility index (Phi) is 10.9. The third kappa shape index (κ3) is 7.49. The second-order valence-corrected chi connectivity index (χ2v) is 23.4. The summed E-state index contributed by atoms with van der Waals surface area (Å²) < 4.78 is 2.28. The summed E-state index contributed by atoms with van der Waals surface area (Å²) in [6, 6.07) is 107. The number of fused-ring (bicyclic) bond motifs is 6. The van der Waals surface area contributed by atoms with Gasteiger partial charge in [-0.25, -0.2) is 9.97 Å². The van der Waals surface area contributed by atoms with E-state index in [4.69, 9.17) is 9.97 Å². The lowest BCUT2D eigenvalue weighted by Crippen LogP contribution is -2.74. The van der Waals surface area contributed by atoms with Gasteiger partial charge in [0.05, 0.1) is 22.4 Å². The molecule has 0 amide bonds. The van der Waals surface area contributed by atoms with Crippen molar-refractivity contribution in [3.05, 3.63) is 308 Å². The highest BCUT2D eigenvalue weighted by molar-refractivity contribution is 7.20. The molecule has 352 valence electrons. The molecule has 0 bridgehead atoms. The summed E-state index contributed by atoms with van der Waals surface area (Å²) in [5.41, 5.74) is 17.1. The van der Waals surface area contributed by atoms with Crippen LogP contribution in [0.1, 0.15) is 22.6 Å². The predicted octanol–water partition coefficient (Wildman–Crippen LogP) is 14.8. The molecule has 0 spiro atoms. The first-order valence-corrected chi connectivity index (χ1v) is 27.8. The van der Waals surface area contributed by atoms with Gasteiger partial charge < -0.3 is 0 Å². The molecule has 13 aromatic rings. The second kappa shape index (κ2) is 18.5. The maximum Gasteiger partial charge on any atom is 0.235 e. The molecule has 0 atom stereocenters. The van der Waals surface area contributed by atoms with Gasteiger partial charge in [-0.05, 0) is 95.1 Å². The number of hydrogen-bond acceptors (Lipinski definition) is 2. The third-order valence-corrected chi connectivity index (χ3v) is 20.2. The molecule has 4 heteroatoms. The maximum atomic E-state index is 5.71. The van der Waals surface area contributed by atoms with Gasteiger partial charge in [-0.1, -0.05) is 267 Å². The van der Waals surface area contributed by atoms with E-state index in [1.54, 1.807) is 0 Å². The molecule has 11 aromatic carbocycles. The first-order chi connectivity index (χ1) is 37.2. The maximum absolute atomic E-state index is 5.71. The topological polar surface area (TPSA) is 30.7 Å². The van der Waals surface area contributed by atoms with Crippen molar-refractivity contribution in [2.45, 2.75) is 5.92 Å². The Hall–Kier alpha value is -9.48. The van der Waals surface area contributed by atoms with Crippen LogP contribution in [0.25, 0.3) is 83.6 Å². The Bertz CT molecular complexity index is 4160. The molecule has 1 aliphatic rings. The molecule has 0 aliphatic heterocycles. The van der Waals surface area contributed by atoms with Gasteiger partial charge in [-0.2, -0.15) is 0 Å². The molecule has 75 heavy (non-hydrogen) atoms. The van der Waals surface area contributed by atoms with Crippen molar-refractivity contribution in [1.82, 2.24) is 14.5 Å². The average molecular weight is 972 g/mol. The number of nitrogens with zero attached hydrogens (tertiary/aromatic N) is 3. The molecule has 0 saturated heterocycles. The molecule has 1 aliphatic carbocycles. The highest BCUT2D eigenvalue weighted by Gasteiger charge is 2.42. The smallest absolute Gasteiger partial charge is 0.235 e. The molecule has 2 aromatic heterocycles. The van der Waals surface area contributed by atoms with Gasteiger partial charge >= 0.3 is 0 Å². The Labute approximate surface area is 438 Å². The number of rotatable bonds is 10. The Morgan fingerprint density at radius 2 is 0.707 bits per heavy atom. The number of benzene rings is 11. The summed E-state index contributed by atoms with van der Waals surface area (Å²) >= 11 is 0. The van der Waals surface area contributed by atoms with Crippen molar-refractivity contribution >= 4 is 50.6 Å². The molecular weight excluding hydrogens is 923 g/mol. The van der Waals surface area contributed by atoms with Gasteiger partial charge in [0.1, 0.15) is 0 Å². The lowest BCUT2D eigenvalue weighted by molar-refractivity contribution is 0.984. The van der Waals surface area contributed by atoms with Crippen LogP contribution in [0.2, 0.25) is 0 Å². The highest BCUT2D eigenvalue weighted by Crippen LogP contribution is 2.50. The minimum atomic E-state index is -3.02. The second-order valence-electron chi connectivity index (χ2n) is 19.6. The highest BCUT2D eigenvalue weighted by atomic mass is 28.3. The van der Waals surface area contributed by atoms with Crippen LogP contribution in [0.5, 0.6) is 0 Å². The van der Waals surface area contributed by atoms with Gasteiger partial charge in [-0.15, -0.1) is 0 Å². The Morgan fingerprint density at radius 1 is 0.280 bits per heavy atom. The van der Waals surface area contributed by atoms with Crippen molar-refractivity contribution in [3.63, 3.8) is 0 Å². The van der Waals surface area contributed by atoms with Crippen LogP contribution < -0.4 is 20.7 Å².